The molecule has 3 heteroatoms. The predicted octanol–water partition coefficient (Wildman–Crippen LogP) is 2.55. The highest BCUT2D eigenvalue weighted by Gasteiger charge is 2.05. The lowest BCUT2D eigenvalue weighted by molar-refractivity contribution is 0.324. The fourth-order valence-corrected chi connectivity index (χ4v) is 1.75. The molecule has 1 aromatic rings. The molecule has 0 aliphatic heterocycles. The number of methoxy groups -OCH3 is 2. The van der Waals surface area contributed by atoms with Gasteiger partial charge in [0.05, 0.1) is 14.2 Å². The number of nitrogens with zero attached hydrogens (tertiary/aromatic N) is 1. The Hall–Kier alpha value is -1.22. The summed E-state index contributed by atoms with van der Waals surface area (Å²) in [6, 6.07) is 6.06. The lowest BCUT2D eigenvalue weighted by Gasteiger charge is -2.16. The third-order valence-electron chi connectivity index (χ3n) is 2.51. The molecule has 16 heavy (non-hydrogen) atoms. The van der Waals surface area contributed by atoms with Crippen molar-refractivity contribution >= 4 is 0 Å². The lowest BCUT2D eigenvalue weighted by Crippen LogP contribution is -2.18. The van der Waals surface area contributed by atoms with Crippen LogP contribution in [0.3, 0.4) is 0 Å². The first-order valence-corrected chi connectivity index (χ1v) is 5.60. The zero-order valence-corrected chi connectivity index (χ0v) is 10.6. The second kappa shape index (κ2) is 6.38. The molecule has 0 saturated carbocycles. The molecule has 3 nitrogen and oxygen atoms in total. The van der Waals surface area contributed by atoms with Crippen LogP contribution in [0.5, 0.6) is 11.5 Å². The van der Waals surface area contributed by atoms with Crippen molar-refractivity contribution < 1.29 is 9.47 Å². The van der Waals surface area contributed by atoms with Gasteiger partial charge in [-0.05, 0) is 37.7 Å². The van der Waals surface area contributed by atoms with Crippen molar-refractivity contribution in [1.82, 2.24) is 4.90 Å². The van der Waals surface area contributed by atoms with Crippen molar-refractivity contribution in [3.05, 3.63) is 23.8 Å². The number of benzene rings is 1. The second-order valence-electron chi connectivity index (χ2n) is 3.93. The molecule has 0 aliphatic carbocycles. The Morgan fingerprint density at radius 3 is 2.38 bits per heavy atom. The highest BCUT2D eigenvalue weighted by atomic mass is 16.5. The molecule has 0 amide bonds. The van der Waals surface area contributed by atoms with Crippen LogP contribution >= 0.6 is 0 Å². The summed E-state index contributed by atoms with van der Waals surface area (Å²) >= 11 is 0. The largest absolute Gasteiger partial charge is 0.493 e. The molecule has 0 aliphatic rings. The van der Waals surface area contributed by atoms with Crippen molar-refractivity contribution in [2.24, 2.45) is 0 Å². The Kier molecular flexibility index (Phi) is 5.12. The highest BCUT2D eigenvalue weighted by Crippen LogP contribution is 2.27. The molecule has 1 aromatic carbocycles. The minimum Gasteiger partial charge on any atom is -0.493 e. The molecule has 0 radical (unpaired) electrons. The van der Waals surface area contributed by atoms with E-state index in [0.29, 0.717) is 0 Å². The van der Waals surface area contributed by atoms with Crippen LogP contribution < -0.4 is 9.47 Å². The minimum atomic E-state index is 0.782. The van der Waals surface area contributed by atoms with E-state index in [1.54, 1.807) is 14.2 Å². The van der Waals surface area contributed by atoms with E-state index in [4.69, 9.17) is 9.47 Å². The van der Waals surface area contributed by atoms with Gasteiger partial charge in [-0.15, -0.1) is 0 Å². The second-order valence-corrected chi connectivity index (χ2v) is 3.93. The number of hydrogen-bond acceptors (Lipinski definition) is 3. The molecule has 0 saturated heterocycles. The summed E-state index contributed by atoms with van der Waals surface area (Å²) < 4.78 is 10.5. The van der Waals surface area contributed by atoms with Gasteiger partial charge in [-0.25, -0.2) is 0 Å². The zero-order valence-electron chi connectivity index (χ0n) is 10.6. The quantitative estimate of drug-likeness (QED) is 0.739. The van der Waals surface area contributed by atoms with Crippen LogP contribution in [0.25, 0.3) is 0 Å². The van der Waals surface area contributed by atoms with E-state index in [-0.39, 0.29) is 0 Å². The van der Waals surface area contributed by atoms with Crippen LogP contribution in [-0.4, -0.2) is 32.7 Å². The number of ether oxygens (including phenoxy) is 2. The fraction of sp³-hybridized carbons (Fsp3) is 0.538. The molecule has 0 heterocycles. The van der Waals surface area contributed by atoms with Gasteiger partial charge in [0.2, 0.25) is 0 Å². The summed E-state index contributed by atoms with van der Waals surface area (Å²) in [5, 5.41) is 0. The minimum absolute atomic E-state index is 0.782. The molecular weight excluding hydrogens is 202 g/mol. The van der Waals surface area contributed by atoms with Crippen molar-refractivity contribution in [3.63, 3.8) is 0 Å². The van der Waals surface area contributed by atoms with Crippen LogP contribution in [0, 0.1) is 0 Å². The molecule has 0 N–H and O–H groups in total. The normalized spacial score (nSPS) is 10.6. The first kappa shape index (κ1) is 12.8. The smallest absolute Gasteiger partial charge is 0.161 e. The highest BCUT2D eigenvalue weighted by molar-refractivity contribution is 5.42. The van der Waals surface area contributed by atoms with Crippen molar-refractivity contribution in [2.75, 3.05) is 27.8 Å². The van der Waals surface area contributed by atoms with Gasteiger partial charge in [-0.2, -0.15) is 0 Å². The van der Waals surface area contributed by atoms with Crippen LogP contribution in [0.4, 0.5) is 0 Å². The van der Waals surface area contributed by atoms with Gasteiger partial charge in [-0.3, -0.25) is 0 Å². The molecule has 0 aromatic heterocycles. The van der Waals surface area contributed by atoms with Crippen molar-refractivity contribution in [1.29, 1.82) is 0 Å². The SMILES string of the molecule is CCCN(C)Cc1ccc(OC)c(OC)c1. The van der Waals surface area contributed by atoms with E-state index in [2.05, 4.69) is 24.9 Å². The Morgan fingerprint density at radius 2 is 1.81 bits per heavy atom. The maximum absolute atomic E-state index is 5.27. The van der Waals surface area contributed by atoms with Crippen LogP contribution in [0.1, 0.15) is 18.9 Å². The average Bonchev–Trinajstić information content (AvgIpc) is 2.29. The molecule has 90 valence electrons. The van der Waals surface area contributed by atoms with Crippen LogP contribution in [-0.2, 0) is 6.54 Å². The summed E-state index contributed by atoms with van der Waals surface area (Å²) in [7, 11) is 5.44. The molecule has 0 spiro atoms. The summed E-state index contributed by atoms with van der Waals surface area (Å²) in [6.07, 6.45) is 1.17. The van der Waals surface area contributed by atoms with E-state index in [1.807, 2.05) is 12.1 Å². The van der Waals surface area contributed by atoms with Gasteiger partial charge >= 0.3 is 0 Å². The van der Waals surface area contributed by atoms with Crippen LogP contribution in [0.2, 0.25) is 0 Å². The molecule has 0 unspecified atom stereocenters. The molecule has 0 atom stereocenters. The average molecular weight is 223 g/mol. The van der Waals surface area contributed by atoms with Gasteiger partial charge in [0.1, 0.15) is 0 Å². The van der Waals surface area contributed by atoms with Gasteiger partial charge in [0.25, 0.3) is 0 Å². The Morgan fingerprint density at radius 1 is 1.12 bits per heavy atom. The Balaban J connectivity index is 2.74. The van der Waals surface area contributed by atoms with Gasteiger partial charge in [-0.1, -0.05) is 13.0 Å². The predicted molar refractivity (Wildman–Crippen MR) is 66.2 cm³/mol. The molecule has 0 bridgehead atoms. The van der Waals surface area contributed by atoms with Crippen molar-refractivity contribution in [2.45, 2.75) is 19.9 Å². The first-order valence-electron chi connectivity index (χ1n) is 5.60. The summed E-state index contributed by atoms with van der Waals surface area (Å²) in [4.78, 5) is 2.29. The maximum Gasteiger partial charge on any atom is 0.161 e. The topological polar surface area (TPSA) is 21.7 Å². The van der Waals surface area contributed by atoms with E-state index in [0.717, 1.165) is 24.6 Å². The van der Waals surface area contributed by atoms with Crippen LogP contribution in [0.15, 0.2) is 18.2 Å². The summed E-state index contributed by atoms with van der Waals surface area (Å²) in [6.45, 7) is 4.23. The van der Waals surface area contributed by atoms with E-state index >= 15 is 0 Å². The van der Waals surface area contributed by atoms with E-state index < -0.39 is 0 Å². The molecule has 0 fully saturated rings. The monoisotopic (exact) mass is 223 g/mol. The van der Waals surface area contributed by atoms with Crippen molar-refractivity contribution in [3.8, 4) is 11.5 Å². The third-order valence-corrected chi connectivity index (χ3v) is 2.51. The number of rotatable bonds is 6. The standard InChI is InChI=1S/C13H21NO2/c1-5-8-14(2)10-11-6-7-12(15-3)13(9-11)16-4/h6-7,9H,5,8,10H2,1-4H3. The van der Waals surface area contributed by atoms with E-state index in [9.17, 15) is 0 Å². The third kappa shape index (κ3) is 3.42. The van der Waals surface area contributed by atoms with Gasteiger partial charge in [0, 0.05) is 6.54 Å². The van der Waals surface area contributed by atoms with Gasteiger partial charge in [0.15, 0.2) is 11.5 Å². The maximum atomic E-state index is 5.27. The lowest BCUT2D eigenvalue weighted by atomic mass is 10.2. The molecular formula is C13H21NO2. The van der Waals surface area contributed by atoms with E-state index in [1.165, 1.54) is 12.0 Å². The first-order chi connectivity index (χ1) is 7.71. The molecule has 1 rings (SSSR count). The Bertz CT molecular complexity index is 326. The summed E-state index contributed by atoms with van der Waals surface area (Å²) in [5.74, 6) is 1.58. The summed E-state index contributed by atoms with van der Waals surface area (Å²) in [5.41, 5.74) is 1.24. The zero-order chi connectivity index (χ0) is 12.0. The number of hydrogen-bond donors (Lipinski definition) is 0. The van der Waals surface area contributed by atoms with Gasteiger partial charge < -0.3 is 14.4 Å². The fourth-order valence-electron chi connectivity index (χ4n) is 1.75. The Labute approximate surface area is 98.0 Å².